The van der Waals surface area contributed by atoms with Gasteiger partial charge in [-0.1, -0.05) is 24.3 Å². The summed E-state index contributed by atoms with van der Waals surface area (Å²) in [5, 5.41) is 8.66. The van der Waals surface area contributed by atoms with Crippen molar-refractivity contribution in [1.82, 2.24) is 4.98 Å². The summed E-state index contributed by atoms with van der Waals surface area (Å²) in [6.07, 6.45) is 2.81. The van der Waals surface area contributed by atoms with Gasteiger partial charge in [0.05, 0.1) is 6.42 Å². The number of thiazole rings is 1. The monoisotopic (exact) mass is 265 g/mol. The third kappa shape index (κ3) is 3.51. The molecule has 0 unspecified atom stereocenters. The molecule has 0 atom stereocenters. The molecule has 0 radical (unpaired) electrons. The maximum absolute atomic E-state index is 10.5. The number of hydrogen-bond donors (Lipinski definition) is 2. The van der Waals surface area contributed by atoms with Crippen LogP contribution in [0.25, 0.3) is 0 Å². The Labute approximate surface area is 108 Å². The second-order valence-electron chi connectivity index (χ2n) is 3.71. The third-order valence-electron chi connectivity index (χ3n) is 2.33. The molecular weight excluding hydrogens is 254 g/mol. The molecule has 2 rings (SSSR count). The molecule has 0 saturated heterocycles. The molecule has 2 aromatic rings. The number of carbonyl (C=O) groups is 1. The van der Waals surface area contributed by atoms with Gasteiger partial charge < -0.3 is 10.1 Å². The Bertz CT molecular complexity index is 569. The summed E-state index contributed by atoms with van der Waals surface area (Å²) < 4.78 is 0.780. The fourth-order valence-corrected chi connectivity index (χ4v) is 2.65. The second kappa shape index (κ2) is 5.25. The molecule has 5 heteroatoms. The number of aromatic nitrogens is 1. The molecule has 17 heavy (non-hydrogen) atoms. The van der Waals surface area contributed by atoms with E-state index in [1.54, 1.807) is 11.3 Å². The quantitative estimate of drug-likeness (QED) is 0.835. The second-order valence-corrected chi connectivity index (χ2v) is 5.51. The minimum absolute atomic E-state index is 0.0728. The van der Waals surface area contributed by atoms with Crippen molar-refractivity contribution in [2.24, 2.45) is 0 Å². The Balaban J connectivity index is 2.08. The highest BCUT2D eigenvalue weighted by atomic mass is 32.1. The average Bonchev–Trinajstić information content (AvgIpc) is 2.66. The molecular formula is C12H11NO2S2. The topological polar surface area (TPSA) is 53.1 Å². The van der Waals surface area contributed by atoms with Crippen molar-refractivity contribution in [1.29, 1.82) is 0 Å². The standard InChI is InChI=1S/C12H11NO2S2/c14-11(15)6-9-3-1-8(2-4-9)5-10-7-13-12(16)17-10/h1-4,7H,5-6H2,(H,13,16)(H,14,15). The Morgan fingerprint density at radius 1 is 1.29 bits per heavy atom. The Hall–Kier alpha value is -1.46. The maximum Gasteiger partial charge on any atom is 0.307 e. The molecule has 0 aliphatic carbocycles. The molecule has 1 heterocycles. The molecule has 0 spiro atoms. The SMILES string of the molecule is O=C(O)Cc1ccc(Cc2c[nH]c(=S)s2)cc1. The molecule has 0 fully saturated rings. The van der Waals surface area contributed by atoms with E-state index in [1.807, 2.05) is 30.5 Å². The molecule has 0 aliphatic heterocycles. The Morgan fingerprint density at radius 3 is 2.47 bits per heavy atom. The highest BCUT2D eigenvalue weighted by molar-refractivity contribution is 7.73. The lowest BCUT2D eigenvalue weighted by atomic mass is 10.1. The van der Waals surface area contributed by atoms with Crippen molar-refractivity contribution in [2.45, 2.75) is 12.8 Å². The fourth-order valence-electron chi connectivity index (χ4n) is 1.56. The summed E-state index contributed by atoms with van der Waals surface area (Å²) in [6, 6.07) is 7.63. The summed E-state index contributed by atoms with van der Waals surface area (Å²) in [5.74, 6) is -0.804. The minimum Gasteiger partial charge on any atom is -0.481 e. The lowest BCUT2D eigenvalue weighted by molar-refractivity contribution is -0.136. The number of aromatic amines is 1. The highest BCUT2D eigenvalue weighted by Crippen LogP contribution is 2.15. The molecule has 0 bridgehead atoms. The number of hydrogen-bond acceptors (Lipinski definition) is 3. The molecule has 3 nitrogen and oxygen atoms in total. The smallest absolute Gasteiger partial charge is 0.307 e. The van der Waals surface area contributed by atoms with Crippen LogP contribution in [0.3, 0.4) is 0 Å². The molecule has 1 aromatic heterocycles. The predicted molar refractivity (Wildman–Crippen MR) is 70.1 cm³/mol. The first-order chi connectivity index (χ1) is 8.13. The first kappa shape index (κ1) is 12.0. The van der Waals surface area contributed by atoms with Crippen LogP contribution in [0.2, 0.25) is 0 Å². The van der Waals surface area contributed by atoms with Crippen molar-refractivity contribution in [3.8, 4) is 0 Å². The molecule has 0 amide bonds. The van der Waals surface area contributed by atoms with E-state index in [4.69, 9.17) is 17.3 Å². The third-order valence-corrected chi connectivity index (χ3v) is 3.53. The summed E-state index contributed by atoms with van der Waals surface area (Å²) in [5.41, 5.74) is 1.98. The van der Waals surface area contributed by atoms with Gasteiger partial charge in [-0.15, -0.1) is 11.3 Å². The molecule has 0 saturated carbocycles. The van der Waals surface area contributed by atoms with E-state index in [1.165, 1.54) is 4.88 Å². The number of H-pyrrole nitrogens is 1. The van der Waals surface area contributed by atoms with Crippen LogP contribution in [-0.2, 0) is 17.6 Å². The Kier molecular flexibility index (Phi) is 3.71. The molecule has 1 aromatic carbocycles. The van der Waals surface area contributed by atoms with Gasteiger partial charge in [0.15, 0.2) is 3.95 Å². The van der Waals surface area contributed by atoms with Crippen LogP contribution in [0.15, 0.2) is 30.5 Å². The van der Waals surface area contributed by atoms with E-state index in [2.05, 4.69) is 4.98 Å². The number of rotatable bonds is 4. The fraction of sp³-hybridized carbons (Fsp3) is 0.167. The lowest BCUT2D eigenvalue weighted by Crippen LogP contribution is -1.99. The van der Waals surface area contributed by atoms with E-state index in [0.29, 0.717) is 0 Å². The van der Waals surface area contributed by atoms with Crippen molar-refractivity contribution >= 4 is 29.5 Å². The number of aliphatic carboxylic acids is 1. The van der Waals surface area contributed by atoms with Gasteiger partial charge >= 0.3 is 5.97 Å². The Morgan fingerprint density at radius 2 is 1.94 bits per heavy atom. The first-order valence-electron chi connectivity index (χ1n) is 5.10. The van der Waals surface area contributed by atoms with E-state index in [9.17, 15) is 4.79 Å². The van der Waals surface area contributed by atoms with E-state index in [-0.39, 0.29) is 6.42 Å². The number of benzene rings is 1. The highest BCUT2D eigenvalue weighted by Gasteiger charge is 2.02. The molecule has 0 aliphatic rings. The predicted octanol–water partition coefficient (Wildman–Crippen LogP) is 3.02. The summed E-state index contributed by atoms with van der Waals surface area (Å²) in [7, 11) is 0. The number of nitrogens with one attached hydrogen (secondary N) is 1. The molecule has 88 valence electrons. The van der Waals surface area contributed by atoms with Gasteiger partial charge in [-0.05, 0) is 23.3 Å². The van der Waals surface area contributed by atoms with Crippen LogP contribution in [0.4, 0.5) is 0 Å². The maximum atomic E-state index is 10.5. The van der Waals surface area contributed by atoms with Crippen LogP contribution in [0.1, 0.15) is 16.0 Å². The van der Waals surface area contributed by atoms with E-state index < -0.39 is 5.97 Å². The summed E-state index contributed by atoms with van der Waals surface area (Å²) in [4.78, 5) is 14.7. The van der Waals surface area contributed by atoms with Gasteiger partial charge in [-0.2, -0.15) is 0 Å². The normalized spacial score (nSPS) is 10.4. The van der Waals surface area contributed by atoms with Crippen molar-refractivity contribution in [3.05, 3.63) is 50.4 Å². The zero-order valence-corrected chi connectivity index (χ0v) is 10.6. The minimum atomic E-state index is -0.804. The number of carboxylic acids is 1. The van der Waals surface area contributed by atoms with Crippen LogP contribution in [0.5, 0.6) is 0 Å². The van der Waals surface area contributed by atoms with E-state index >= 15 is 0 Å². The average molecular weight is 265 g/mol. The summed E-state index contributed by atoms with van der Waals surface area (Å²) >= 11 is 6.58. The van der Waals surface area contributed by atoms with Crippen LogP contribution >= 0.6 is 23.6 Å². The van der Waals surface area contributed by atoms with Crippen LogP contribution in [-0.4, -0.2) is 16.1 Å². The van der Waals surface area contributed by atoms with Gasteiger partial charge in [-0.25, -0.2) is 0 Å². The number of carboxylic acid groups (broad SMARTS) is 1. The van der Waals surface area contributed by atoms with Gasteiger partial charge in [0, 0.05) is 17.5 Å². The zero-order valence-electron chi connectivity index (χ0n) is 8.97. The first-order valence-corrected chi connectivity index (χ1v) is 6.33. The van der Waals surface area contributed by atoms with Crippen LogP contribution < -0.4 is 0 Å². The van der Waals surface area contributed by atoms with Crippen molar-refractivity contribution < 1.29 is 9.90 Å². The summed E-state index contributed by atoms with van der Waals surface area (Å²) in [6.45, 7) is 0. The van der Waals surface area contributed by atoms with Gasteiger partial charge in [0.1, 0.15) is 0 Å². The van der Waals surface area contributed by atoms with Gasteiger partial charge in [-0.3, -0.25) is 4.79 Å². The van der Waals surface area contributed by atoms with Gasteiger partial charge in [0.25, 0.3) is 0 Å². The zero-order chi connectivity index (χ0) is 12.3. The van der Waals surface area contributed by atoms with E-state index in [0.717, 1.165) is 21.5 Å². The molecule has 2 N–H and O–H groups in total. The largest absolute Gasteiger partial charge is 0.481 e. The lowest BCUT2D eigenvalue weighted by Gasteiger charge is -2.00. The van der Waals surface area contributed by atoms with Crippen molar-refractivity contribution in [3.63, 3.8) is 0 Å². The van der Waals surface area contributed by atoms with Crippen molar-refractivity contribution in [2.75, 3.05) is 0 Å². The van der Waals surface area contributed by atoms with Crippen LogP contribution in [0, 0.1) is 3.95 Å². The van der Waals surface area contributed by atoms with Gasteiger partial charge in [0.2, 0.25) is 0 Å².